The van der Waals surface area contributed by atoms with Crippen LogP contribution < -0.4 is 11.2 Å². The zero-order chi connectivity index (χ0) is 17.1. The van der Waals surface area contributed by atoms with Crippen molar-refractivity contribution in [3.63, 3.8) is 0 Å². The van der Waals surface area contributed by atoms with Crippen LogP contribution in [0.25, 0.3) is 0 Å². The average Bonchev–Trinajstić information content (AvgIpc) is 3.06. The fraction of sp³-hybridized carbons (Fsp3) is 0.400. The molecule has 2 N–H and O–H groups in total. The number of likely N-dealkylation sites (N-methyl/N-ethyl adjacent to an activating group) is 1. The molecule has 0 bridgehead atoms. The summed E-state index contributed by atoms with van der Waals surface area (Å²) in [7, 11) is 2.03. The van der Waals surface area contributed by atoms with Crippen molar-refractivity contribution in [2.75, 3.05) is 33.2 Å². The highest BCUT2D eigenvalue weighted by Crippen LogP contribution is 2.11. The molecule has 9 heteroatoms. The van der Waals surface area contributed by atoms with Gasteiger partial charge in [-0.05, 0) is 19.2 Å². The molecule has 0 aromatic carbocycles. The van der Waals surface area contributed by atoms with Gasteiger partial charge in [-0.25, -0.2) is 4.79 Å². The number of aromatic hydroxyl groups is 1. The first-order chi connectivity index (χ1) is 11.5. The summed E-state index contributed by atoms with van der Waals surface area (Å²) in [6, 6.07) is 3.35. The largest absolute Gasteiger partial charge is 0.494 e. The molecule has 24 heavy (non-hydrogen) atoms. The number of H-pyrrole nitrogens is 1. The van der Waals surface area contributed by atoms with E-state index in [1.807, 2.05) is 12.1 Å². The second kappa shape index (κ2) is 6.75. The molecule has 2 aromatic heterocycles. The molecule has 0 amide bonds. The predicted octanol–water partition coefficient (Wildman–Crippen LogP) is -0.535. The van der Waals surface area contributed by atoms with Crippen molar-refractivity contribution < 1.29 is 9.52 Å². The van der Waals surface area contributed by atoms with Crippen LogP contribution in [0.4, 0.5) is 0 Å². The third kappa shape index (κ3) is 3.40. The molecule has 1 aliphatic heterocycles. The van der Waals surface area contributed by atoms with Crippen molar-refractivity contribution >= 4 is 6.21 Å². The van der Waals surface area contributed by atoms with Crippen molar-refractivity contribution in [2.45, 2.75) is 6.54 Å². The van der Waals surface area contributed by atoms with Crippen molar-refractivity contribution in [1.82, 2.24) is 19.5 Å². The highest BCUT2D eigenvalue weighted by Gasteiger charge is 2.15. The van der Waals surface area contributed by atoms with E-state index in [0.29, 0.717) is 5.76 Å². The first-order valence-corrected chi connectivity index (χ1v) is 7.60. The quantitative estimate of drug-likeness (QED) is 0.728. The monoisotopic (exact) mass is 333 g/mol. The van der Waals surface area contributed by atoms with Gasteiger partial charge in [-0.15, -0.1) is 0 Å². The molecule has 1 fully saturated rings. The Morgan fingerprint density at radius 1 is 1.33 bits per heavy atom. The van der Waals surface area contributed by atoms with Crippen LogP contribution in [0, 0.1) is 0 Å². The predicted molar refractivity (Wildman–Crippen MR) is 87.5 cm³/mol. The molecule has 3 heterocycles. The van der Waals surface area contributed by atoms with Gasteiger partial charge in [-0.1, -0.05) is 0 Å². The minimum atomic E-state index is -0.703. The minimum Gasteiger partial charge on any atom is -0.494 e. The van der Waals surface area contributed by atoms with E-state index in [9.17, 15) is 14.7 Å². The molecule has 0 saturated carbocycles. The lowest BCUT2D eigenvalue weighted by Crippen LogP contribution is -2.42. The lowest BCUT2D eigenvalue weighted by atomic mass is 10.3. The fourth-order valence-corrected chi connectivity index (χ4v) is 2.45. The lowest BCUT2D eigenvalue weighted by Gasteiger charge is -2.30. The van der Waals surface area contributed by atoms with Crippen molar-refractivity contribution in [1.29, 1.82) is 0 Å². The van der Waals surface area contributed by atoms with E-state index >= 15 is 0 Å². The van der Waals surface area contributed by atoms with Gasteiger partial charge in [0.25, 0.3) is 5.56 Å². The van der Waals surface area contributed by atoms with Crippen LogP contribution in [0.2, 0.25) is 0 Å². The Morgan fingerprint density at radius 3 is 2.75 bits per heavy atom. The number of piperazine rings is 1. The lowest BCUT2D eigenvalue weighted by molar-refractivity contribution is 0.159. The van der Waals surface area contributed by atoms with Gasteiger partial charge in [0, 0.05) is 26.2 Å². The molecule has 0 radical (unpaired) electrons. The molecule has 3 rings (SSSR count). The maximum absolute atomic E-state index is 12.0. The molecule has 0 atom stereocenters. The Labute approximate surface area is 137 Å². The van der Waals surface area contributed by atoms with Crippen LogP contribution in [-0.4, -0.2) is 64.0 Å². The third-order valence-corrected chi connectivity index (χ3v) is 3.93. The summed E-state index contributed by atoms with van der Waals surface area (Å²) in [5.74, 6) is 0.0550. The van der Waals surface area contributed by atoms with Crippen molar-refractivity contribution in [3.8, 4) is 5.88 Å². The van der Waals surface area contributed by atoms with E-state index < -0.39 is 17.1 Å². The first-order valence-electron chi connectivity index (χ1n) is 7.60. The second-order valence-corrected chi connectivity index (χ2v) is 5.66. The average molecular weight is 333 g/mol. The summed E-state index contributed by atoms with van der Waals surface area (Å²) in [4.78, 5) is 28.3. The maximum Gasteiger partial charge on any atom is 0.331 e. The Bertz CT molecular complexity index is 829. The van der Waals surface area contributed by atoms with E-state index in [4.69, 9.17) is 4.42 Å². The number of aromatic amines is 1. The first kappa shape index (κ1) is 16.1. The number of nitrogens with zero attached hydrogens (tertiary/aromatic N) is 4. The summed E-state index contributed by atoms with van der Waals surface area (Å²) < 4.78 is 6.21. The number of hydrazone groups is 1. The SMILES string of the molecule is CN1CCN(N=Cc2c(O)n(Cc3ccco3)c(=O)[nH]c2=O)CC1. The number of hydrogen-bond acceptors (Lipinski definition) is 7. The van der Waals surface area contributed by atoms with Crippen LogP contribution in [0.5, 0.6) is 5.88 Å². The molecule has 1 saturated heterocycles. The van der Waals surface area contributed by atoms with Crippen LogP contribution in [-0.2, 0) is 6.54 Å². The van der Waals surface area contributed by atoms with Gasteiger partial charge in [-0.3, -0.25) is 19.4 Å². The van der Waals surface area contributed by atoms with E-state index in [1.54, 1.807) is 12.1 Å². The fourth-order valence-electron chi connectivity index (χ4n) is 2.45. The molecular weight excluding hydrogens is 314 g/mol. The van der Waals surface area contributed by atoms with Crippen molar-refractivity contribution in [3.05, 3.63) is 50.6 Å². The van der Waals surface area contributed by atoms with Crippen molar-refractivity contribution in [2.24, 2.45) is 5.10 Å². The van der Waals surface area contributed by atoms with Gasteiger partial charge in [-0.2, -0.15) is 5.10 Å². The molecule has 128 valence electrons. The highest BCUT2D eigenvalue weighted by molar-refractivity contribution is 5.81. The van der Waals surface area contributed by atoms with Gasteiger partial charge >= 0.3 is 5.69 Å². The third-order valence-electron chi connectivity index (χ3n) is 3.93. The van der Waals surface area contributed by atoms with E-state index in [-0.39, 0.29) is 12.1 Å². The number of hydrogen-bond donors (Lipinski definition) is 2. The van der Waals surface area contributed by atoms with Crippen LogP contribution in [0.15, 0.2) is 37.5 Å². The highest BCUT2D eigenvalue weighted by atomic mass is 16.3. The molecule has 2 aromatic rings. The zero-order valence-corrected chi connectivity index (χ0v) is 13.3. The summed E-state index contributed by atoms with van der Waals surface area (Å²) >= 11 is 0. The second-order valence-electron chi connectivity index (χ2n) is 5.66. The zero-order valence-electron chi connectivity index (χ0n) is 13.3. The summed E-state index contributed by atoms with van der Waals surface area (Å²) in [6.07, 6.45) is 2.76. The van der Waals surface area contributed by atoms with E-state index in [2.05, 4.69) is 15.0 Å². The normalized spacial score (nSPS) is 16.1. The standard InChI is InChI=1S/C15H19N5O4/c1-18-4-6-19(7-5-18)16-9-12-13(21)17-15(23)20(14(12)22)10-11-3-2-8-24-11/h2-3,8-9,22H,4-7,10H2,1H3,(H,17,21,23). The topological polar surface area (TPSA) is 107 Å². The van der Waals surface area contributed by atoms with Gasteiger partial charge in [0.05, 0.1) is 19.0 Å². The summed E-state index contributed by atoms with van der Waals surface area (Å²) in [6.45, 7) is 3.23. The minimum absolute atomic E-state index is 0.0177. The summed E-state index contributed by atoms with van der Waals surface area (Å²) in [5.41, 5.74) is -1.43. The smallest absolute Gasteiger partial charge is 0.331 e. The van der Waals surface area contributed by atoms with Crippen LogP contribution >= 0.6 is 0 Å². The number of nitrogens with one attached hydrogen (secondary N) is 1. The van der Waals surface area contributed by atoms with Gasteiger partial charge < -0.3 is 14.4 Å². The Balaban J connectivity index is 1.87. The Morgan fingerprint density at radius 2 is 2.08 bits per heavy atom. The number of aromatic nitrogens is 2. The Hall–Kier alpha value is -2.81. The molecule has 1 aliphatic rings. The van der Waals surface area contributed by atoms with Crippen LogP contribution in [0.3, 0.4) is 0 Å². The van der Waals surface area contributed by atoms with Gasteiger partial charge in [0.15, 0.2) is 0 Å². The Kier molecular flexibility index (Phi) is 4.52. The van der Waals surface area contributed by atoms with E-state index in [1.165, 1.54) is 12.5 Å². The van der Waals surface area contributed by atoms with E-state index in [0.717, 1.165) is 30.7 Å². The molecule has 9 nitrogen and oxygen atoms in total. The molecule has 0 unspecified atom stereocenters. The van der Waals surface area contributed by atoms with Crippen LogP contribution in [0.1, 0.15) is 11.3 Å². The number of furan rings is 1. The molecular formula is C15H19N5O4. The van der Waals surface area contributed by atoms with Gasteiger partial charge in [0.1, 0.15) is 11.3 Å². The van der Waals surface area contributed by atoms with Gasteiger partial charge in [0.2, 0.25) is 5.88 Å². The molecule has 0 aliphatic carbocycles. The maximum atomic E-state index is 12.0. The molecule has 0 spiro atoms. The number of rotatable bonds is 4. The summed E-state index contributed by atoms with van der Waals surface area (Å²) in [5, 5.41) is 16.4.